The summed E-state index contributed by atoms with van der Waals surface area (Å²) < 4.78 is 6.41. The molecule has 0 radical (unpaired) electrons. The van der Waals surface area contributed by atoms with Crippen molar-refractivity contribution < 1.29 is 4.74 Å². The van der Waals surface area contributed by atoms with Gasteiger partial charge >= 0.3 is 0 Å². The molecule has 0 amide bonds. The number of aromatic nitrogens is 1. The molecule has 0 spiro atoms. The van der Waals surface area contributed by atoms with E-state index in [0.29, 0.717) is 13.1 Å². The summed E-state index contributed by atoms with van der Waals surface area (Å²) in [6.07, 6.45) is 2.96. The topological polar surface area (TPSA) is 58.5 Å². The average Bonchev–Trinajstić information content (AvgIpc) is 3.05. The summed E-state index contributed by atoms with van der Waals surface area (Å²) in [6.45, 7) is 6.21. The summed E-state index contributed by atoms with van der Waals surface area (Å²) in [5.74, 6) is 1.61. The number of thiazole rings is 1. The summed E-state index contributed by atoms with van der Waals surface area (Å²) in [7, 11) is 1.67. The van der Waals surface area contributed by atoms with E-state index in [-0.39, 0.29) is 24.0 Å². The Morgan fingerprint density at radius 3 is 2.76 bits per heavy atom. The normalized spacial score (nSPS) is 11.0. The van der Waals surface area contributed by atoms with E-state index in [4.69, 9.17) is 4.74 Å². The number of aryl methyl sites for hydroxylation is 1. The number of aliphatic imine (C=N–C) groups is 1. The molecule has 0 fully saturated rings. The van der Waals surface area contributed by atoms with Crippen LogP contribution in [0.15, 0.2) is 33.9 Å². The number of hydrogen-bond acceptors (Lipinski definition) is 4. The molecule has 0 bridgehead atoms. The minimum absolute atomic E-state index is 0. The number of nitrogens with one attached hydrogen (secondary N) is 2. The monoisotopic (exact) mass is 538 g/mol. The van der Waals surface area contributed by atoms with Gasteiger partial charge in [-0.1, -0.05) is 22.9 Å². The van der Waals surface area contributed by atoms with Crippen molar-refractivity contribution in [3.63, 3.8) is 0 Å². The molecule has 1 heterocycles. The van der Waals surface area contributed by atoms with E-state index >= 15 is 0 Å². The lowest BCUT2D eigenvalue weighted by molar-refractivity contribution is 0.409. The van der Waals surface area contributed by atoms with Crippen molar-refractivity contribution in [3.8, 4) is 5.75 Å². The highest BCUT2D eigenvalue weighted by Crippen LogP contribution is 2.23. The van der Waals surface area contributed by atoms with Crippen LogP contribution in [0.2, 0.25) is 0 Å². The first kappa shape index (κ1) is 22.2. The van der Waals surface area contributed by atoms with E-state index in [1.54, 1.807) is 18.4 Å². The van der Waals surface area contributed by atoms with E-state index in [0.717, 1.165) is 39.7 Å². The van der Waals surface area contributed by atoms with E-state index in [2.05, 4.69) is 50.4 Å². The molecule has 2 rings (SSSR count). The average molecular weight is 539 g/mol. The highest BCUT2D eigenvalue weighted by Gasteiger charge is 2.05. The van der Waals surface area contributed by atoms with Crippen molar-refractivity contribution in [1.82, 2.24) is 15.6 Å². The molecule has 1 aromatic heterocycles. The lowest BCUT2D eigenvalue weighted by Gasteiger charge is -2.11. The van der Waals surface area contributed by atoms with Crippen molar-refractivity contribution in [2.45, 2.75) is 33.4 Å². The van der Waals surface area contributed by atoms with Gasteiger partial charge in [0, 0.05) is 27.7 Å². The van der Waals surface area contributed by atoms with Crippen LogP contribution in [0.25, 0.3) is 0 Å². The summed E-state index contributed by atoms with van der Waals surface area (Å²) in [5, 5.41) is 7.66. The number of nitrogens with zero attached hydrogens (tertiary/aromatic N) is 2. The van der Waals surface area contributed by atoms with Gasteiger partial charge in [0.1, 0.15) is 10.8 Å². The van der Waals surface area contributed by atoms with E-state index in [9.17, 15) is 0 Å². The maximum Gasteiger partial charge on any atom is 0.191 e. The summed E-state index contributed by atoms with van der Waals surface area (Å²) in [5.41, 5.74) is 1.03. The Bertz CT molecular complexity index is 693. The second-order valence-electron chi connectivity index (χ2n) is 5.08. The molecule has 25 heavy (non-hydrogen) atoms. The first-order valence-corrected chi connectivity index (χ1v) is 9.55. The smallest absolute Gasteiger partial charge is 0.191 e. The third-order valence-corrected chi connectivity index (χ3v) is 4.99. The molecule has 1 aromatic carbocycles. The first-order valence-electron chi connectivity index (χ1n) is 7.94. The maximum absolute atomic E-state index is 5.40. The molecule has 0 atom stereocenters. The van der Waals surface area contributed by atoms with E-state index < -0.39 is 0 Å². The van der Waals surface area contributed by atoms with Crippen LogP contribution in [0.3, 0.4) is 0 Å². The summed E-state index contributed by atoms with van der Waals surface area (Å²) in [4.78, 5) is 10.4. The highest BCUT2D eigenvalue weighted by atomic mass is 127. The van der Waals surface area contributed by atoms with Crippen molar-refractivity contribution in [3.05, 3.63) is 44.3 Å². The van der Waals surface area contributed by atoms with Gasteiger partial charge in [0.15, 0.2) is 5.96 Å². The first-order chi connectivity index (χ1) is 11.7. The molecule has 0 aliphatic rings. The Balaban J connectivity index is 0.00000312. The van der Waals surface area contributed by atoms with Gasteiger partial charge in [0.05, 0.1) is 20.2 Å². The number of ether oxygens (including phenoxy) is 1. The number of benzene rings is 1. The molecule has 0 saturated heterocycles. The van der Waals surface area contributed by atoms with Crippen molar-refractivity contribution in [2.24, 2.45) is 4.99 Å². The Morgan fingerprint density at radius 2 is 2.12 bits per heavy atom. The standard InChI is InChI=1S/C17H23BrN4OS.HI/c1-4-14-10-20-16(24-14)11-22-17(19-5-2)21-9-12-8-13(18)6-7-15(12)23-3;/h6-8,10H,4-5,9,11H2,1-3H3,(H2,19,21,22);1H. The molecular weight excluding hydrogens is 515 g/mol. The number of hydrogen-bond donors (Lipinski definition) is 2. The van der Waals surface area contributed by atoms with Gasteiger partial charge in [-0.2, -0.15) is 0 Å². The maximum atomic E-state index is 5.40. The minimum Gasteiger partial charge on any atom is -0.496 e. The second kappa shape index (κ2) is 11.7. The second-order valence-corrected chi connectivity index (χ2v) is 7.19. The largest absolute Gasteiger partial charge is 0.496 e. The van der Waals surface area contributed by atoms with Gasteiger partial charge in [0.25, 0.3) is 0 Å². The van der Waals surface area contributed by atoms with Crippen LogP contribution in [0.5, 0.6) is 5.75 Å². The fourth-order valence-corrected chi connectivity index (χ4v) is 3.34. The van der Waals surface area contributed by atoms with Gasteiger partial charge < -0.3 is 15.4 Å². The molecule has 2 N–H and O–H groups in total. The molecule has 0 aliphatic carbocycles. The lowest BCUT2D eigenvalue weighted by atomic mass is 10.2. The van der Waals surface area contributed by atoms with Crippen LogP contribution in [0.4, 0.5) is 0 Å². The molecule has 138 valence electrons. The van der Waals surface area contributed by atoms with Crippen LogP contribution < -0.4 is 15.4 Å². The zero-order valence-electron chi connectivity index (χ0n) is 14.6. The molecule has 0 aliphatic heterocycles. The zero-order chi connectivity index (χ0) is 17.4. The van der Waals surface area contributed by atoms with Crippen LogP contribution in [-0.2, 0) is 19.5 Å². The fourth-order valence-electron chi connectivity index (χ4n) is 2.13. The van der Waals surface area contributed by atoms with Gasteiger partial charge in [0.2, 0.25) is 0 Å². The van der Waals surface area contributed by atoms with Gasteiger partial charge in [-0.25, -0.2) is 9.98 Å². The molecule has 8 heteroatoms. The third kappa shape index (κ3) is 7.10. The van der Waals surface area contributed by atoms with Gasteiger partial charge in [-0.15, -0.1) is 35.3 Å². The number of halogens is 2. The van der Waals surface area contributed by atoms with Crippen LogP contribution in [-0.4, -0.2) is 24.6 Å². The fraction of sp³-hybridized carbons (Fsp3) is 0.412. The Kier molecular flexibility index (Phi) is 10.4. The van der Waals surface area contributed by atoms with Crippen molar-refractivity contribution in [2.75, 3.05) is 13.7 Å². The van der Waals surface area contributed by atoms with Gasteiger partial charge in [-0.05, 0) is 31.5 Å². The van der Waals surface area contributed by atoms with Crippen LogP contribution >= 0.6 is 51.2 Å². The third-order valence-electron chi connectivity index (χ3n) is 3.35. The Morgan fingerprint density at radius 1 is 1.32 bits per heavy atom. The molecule has 0 saturated carbocycles. The SMILES string of the molecule is CCNC(=NCc1cc(Br)ccc1OC)NCc1ncc(CC)s1.I. The van der Waals surface area contributed by atoms with Crippen molar-refractivity contribution in [1.29, 1.82) is 0 Å². The Labute approximate surface area is 178 Å². The highest BCUT2D eigenvalue weighted by molar-refractivity contribution is 14.0. The lowest BCUT2D eigenvalue weighted by Crippen LogP contribution is -2.36. The Hall–Kier alpha value is -0.870. The molecule has 2 aromatic rings. The summed E-state index contributed by atoms with van der Waals surface area (Å²) in [6, 6.07) is 5.93. The van der Waals surface area contributed by atoms with E-state index in [1.165, 1.54) is 4.88 Å². The zero-order valence-corrected chi connectivity index (χ0v) is 19.4. The molecule has 5 nitrogen and oxygen atoms in total. The predicted molar refractivity (Wildman–Crippen MR) is 119 cm³/mol. The quantitative estimate of drug-likeness (QED) is 0.312. The van der Waals surface area contributed by atoms with Gasteiger partial charge in [-0.3, -0.25) is 0 Å². The number of guanidine groups is 1. The molecule has 0 unspecified atom stereocenters. The predicted octanol–water partition coefficient (Wildman–Crippen LogP) is 4.35. The van der Waals surface area contributed by atoms with Crippen LogP contribution in [0, 0.1) is 0 Å². The summed E-state index contributed by atoms with van der Waals surface area (Å²) >= 11 is 5.22. The minimum atomic E-state index is 0. The number of methoxy groups -OCH3 is 1. The van der Waals surface area contributed by atoms with E-state index in [1.807, 2.05) is 24.4 Å². The number of rotatable bonds is 7. The van der Waals surface area contributed by atoms with Crippen molar-refractivity contribution >= 4 is 57.2 Å². The van der Waals surface area contributed by atoms with Crippen LogP contribution in [0.1, 0.15) is 29.3 Å². The molecular formula is C17H24BrIN4OS.